The van der Waals surface area contributed by atoms with Crippen LogP contribution >= 0.6 is 11.8 Å². The van der Waals surface area contributed by atoms with E-state index in [1.807, 2.05) is 38.1 Å². The Hall–Kier alpha value is -1.82. The summed E-state index contributed by atoms with van der Waals surface area (Å²) in [5.74, 6) is 0.0484. The van der Waals surface area contributed by atoms with Crippen LogP contribution in [0.15, 0.2) is 39.0 Å². The van der Waals surface area contributed by atoms with Gasteiger partial charge >= 0.3 is 0 Å². The molecule has 0 bridgehead atoms. The Morgan fingerprint density at radius 2 is 2.22 bits per heavy atom. The maximum atomic E-state index is 11.4. The van der Waals surface area contributed by atoms with Crippen molar-refractivity contribution in [2.45, 2.75) is 19.1 Å². The first-order valence-electron chi connectivity index (χ1n) is 5.43. The van der Waals surface area contributed by atoms with Crippen LogP contribution in [0, 0.1) is 0 Å². The van der Waals surface area contributed by atoms with Gasteiger partial charge in [0.15, 0.2) is 5.58 Å². The molecule has 6 heteroatoms. The summed E-state index contributed by atoms with van der Waals surface area (Å²) < 4.78 is 5.48. The molecule has 94 valence electrons. The molecule has 18 heavy (non-hydrogen) atoms. The zero-order chi connectivity index (χ0) is 13.0. The number of hydrogen-bond donors (Lipinski definition) is 1. The highest BCUT2D eigenvalue weighted by Gasteiger charge is 2.08. The Morgan fingerprint density at radius 3 is 2.94 bits per heavy atom. The first-order chi connectivity index (χ1) is 8.65. The molecule has 1 heterocycles. The fraction of sp³-hybridized carbons (Fsp3) is 0.250. The summed E-state index contributed by atoms with van der Waals surface area (Å²) in [4.78, 5) is 15.7. The number of benzene rings is 1. The molecular weight excluding hydrogens is 250 g/mol. The van der Waals surface area contributed by atoms with Crippen LogP contribution in [0.3, 0.4) is 0 Å². The number of carbonyl (C=O) groups is 1. The molecule has 0 unspecified atom stereocenters. The van der Waals surface area contributed by atoms with Gasteiger partial charge in [-0.1, -0.05) is 23.9 Å². The molecular formula is C12H13N3O2S. The van der Waals surface area contributed by atoms with E-state index in [1.165, 1.54) is 11.8 Å². The summed E-state index contributed by atoms with van der Waals surface area (Å²) in [5, 5.41) is 4.32. The third kappa shape index (κ3) is 3.33. The van der Waals surface area contributed by atoms with Crippen LogP contribution in [0.2, 0.25) is 0 Å². The highest BCUT2D eigenvalue weighted by atomic mass is 32.2. The molecule has 0 atom stereocenters. The number of oxazole rings is 1. The second-order valence-electron chi connectivity index (χ2n) is 3.83. The van der Waals surface area contributed by atoms with E-state index in [-0.39, 0.29) is 11.7 Å². The largest absolute Gasteiger partial charge is 0.431 e. The molecule has 0 fully saturated rings. The number of aromatic nitrogens is 1. The van der Waals surface area contributed by atoms with Crippen molar-refractivity contribution in [1.29, 1.82) is 0 Å². The third-order valence-corrected chi connectivity index (χ3v) is 2.83. The highest BCUT2D eigenvalue weighted by Crippen LogP contribution is 2.22. The number of fused-ring (bicyclic) bond motifs is 1. The van der Waals surface area contributed by atoms with Crippen molar-refractivity contribution in [3.05, 3.63) is 24.3 Å². The van der Waals surface area contributed by atoms with Crippen LogP contribution < -0.4 is 5.43 Å². The number of nitrogens with zero attached hydrogens (tertiary/aromatic N) is 2. The maximum Gasteiger partial charge on any atom is 0.257 e. The molecule has 2 rings (SSSR count). The molecule has 1 aromatic heterocycles. The first-order valence-corrected chi connectivity index (χ1v) is 6.42. The lowest BCUT2D eigenvalue weighted by atomic mass is 10.3. The number of hydrazone groups is 1. The molecule has 0 aliphatic rings. The van der Waals surface area contributed by atoms with Gasteiger partial charge in [-0.3, -0.25) is 4.79 Å². The van der Waals surface area contributed by atoms with Crippen LogP contribution in [0.1, 0.15) is 13.8 Å². The number of para-hydroxylation sites is 2. The average molecular weight is 263 g/mol. The number of rotatable bonds is 4. The number of nitrogens with one attached hydrogen (secondary N) is 1. The van der Waals surface area contributed by atoms with Crippen molar-refractivity contribution in [2.75, 3.05) is 5.75 Å². The molecule has 0 radical (unpaired) electrons. The molecule has 0 aliphatic carbocycles. The normalized spacial score (nSPS) is 10.3. The smallest absolute Gasteiger partial charge is 0.257 e. The number of hydrogen-bond acceptors (Lipinski definition) is 5. The Morgan fingerprint density at radius 1 is 1.44 bits per heavy atom. The summed E-state index contributed by atoms with van der Waals surface area (Å²) in [5.41, 5.74) is 4.77. The fourth-order valence-corrected chi connectivity index (χ4v) is 1.88. The van der Waals surface area contributed by atoms with E-state index in [9.17, 15) is 4.79 Å². The minimum absolute atomic E-state index is 0.177. The molecule has 1 N–H and O–H groups in total. The number of thioether (sulfide) groups is 1. The highest BCUT2D eigenvalue weighted by molar-refractivity contribution is 7.99. The standard InChI is InChI=1S/C12H13N3O2S/c1-8(2)14-15-11(16)7-18-12-13-9-5-3-4-6-10(9)17-12/h3-6H,7H2,1-2H3,(H,15,16). The predicted octanol–water partition coefficient (Wildman–Crippen LogP) is 2.43. The Kier molecular flexibility index (Phi) is 3.99. The van der Waals surface area contributed by atoms with Gasteiger partial charge in [0, 0.05) is 5.71 Å². The summed E-state index contributed by atoms with van der Waals surface area (Å²) in [6.07, 6.45) is 0. The van der Waals surface area contributed by atoms with Crippen LogP contribution in [0.25, 0.3) is 11.1 Å². The molecule has 1 amide bonds. The minimum Gasteiger partial charge on any atom is -0.431 e. The molecule has 0 aliphatic heterocycles. The fourth-order valence-electron chi connectivity index (χ4n) is 1.25. The van der Waals surface area contributed by atoms with Crippen molar-refractivity contribution < 1.29 is 9.21 Å². The lowest BCUT2D eigenvalue weighted by Crippen LogP contribution is -2.20. The second kappa shape index (κ2) is 5.68. The van der Waals surface area contributed by atoms with Gasteiger partial charge in [0.1, 0.15) is 5.52 Å². The van der Waals surface area contributed by atoms with E-state index >= 15 is 0 Å². The van der Waals surface area contributed by atoms with E-state index in [0.717, 1.165) is 16.8 Å². The van der Waals surface area contributed by atoms with E-state index in [2.05, 4.69) is 15.5 Å². The van der Waals surface area contributed by atoms with Gasteiger partial charge in [0.05, 0.1) is 5.75 Å². The minimum atomic E-state index is -0.177. The van der Waals surface area contributed by atoms with E-state index < -0.39 is 0 Å². The monoisotopic (exact) mass is 263 g/mol. The van der Waals surface area contributed by atoms with Crippen molar-refractivity contribution in [2.24, 2.45) is 5.10 Å². The van der Waals surface area contributed by atoms with Crippen molar-refractivity contribution in [1.82, 2.24) is 10.4 Å². The molecule has 0 spiro atoms. The summed E-state index contributed by atoms with van der Waals surface area (Å²) in [6.45, 7) is 3.63. The molecule has 1 aromatic carbocycles. The van der Waals surface area contributed by atoms with Gasteiger partial charge in [-0.2, -0.15) is 5.10 Å². The molecule has 2 aromatic rings. The number of amides is 1. The lowest BCUT2D eigenvalue weighted by Gasteiger charge is -1.97. The van der Waals surface area contributed by atoms with Gasteiger partial charge in [0.25, 0.3) is 11.1 Å². The quantitative estimate of drug-likeness (QED) is 0.522. The van der Waals surface area contributed by atoms with Crippen LogP contribution in [-0.4, -0.2) is 22.4 Å². The zero-order valence-electron chi connectivity index (χ0n) is 10.1. The van der Waals surface area contributed by atoms with Crippen LogP contribution in [-0.2, 0) is 4.79 Å². The first kappa shape index (κ1) is 12.6. The van der Waals surface area contributed by atoms with E-state index in [4.69, 9.17) is 4.42 Å². The zero-order valence-corrected chi connectivity index (χ0v) is 11.0. The lowest BCUT2D eigenvalue weighted by molar-refractivity contribution is -0.118. The predicted molar refractivity (Wildman–Crippen MR) is 71.7 cm³/mol. The summed E-state index contributed by atoms with van der Waals surface area (Å²) in [6, 6.07) is 7.49. The molecule has 0 saturated carbocycles. The van der Waals surface area contributed by atoms with Crippen molar-refractivity contribution >= 4 is 34.5 Å². The van der Waals surface area contributed by atoms with Gasteiger partial charge < -0.3 is 4.42 Å². The SMILES string of the molecule is CC(C)=NNC(=O)CSc1nc2ccccc2o1. The Balaban J connectivity index is 1.94. The Bertz CT molecular complexity index is 555. The van der Waals surface area contributed by atoms with Crippen LogP contribution in [0.5, 0.6) is 0 Å². The van der Waals surface area contributed by atoms with E-state index in [0.29, 0.717) is 5.22 Å². The molecule has 0 saturated heterocycles. The van der Waals surface area contributed by atoms with Gasteiger partial charge in [-0.05, 0) is 26.0 Å². The van der Waals surface area contributed by atoms with Gasteiger partial charge in [-0.25, -0.2) is 10.4 Å². The van der Waals surface area contributed by atoms with E-state index in [1.54, 1.807) is 0 Å². The molecule has 5 nitrogen and oxygen atoms in total. The van der Waals surface area contributed by atoms with Gasteiger partial charge in [-0.15, -0.1) is 0 Å². The number of carbonyl (C=O) groups excluding carboxylic acids is 1. The maximum absolute atomic E-state index is 11.4. The Labute approximate surface area is 109 Å². The van der Waals surface area contributed by atoms with Crippen molar-refractivity contribution in [3.63, 3.8) is 0 Å². The van der Waals surface area contributed by atoms with Crippen molar-refractivity contribution in [3.8, 4) is 0 Å². The summed E-state index contributed by atoms with van der Waals surface area (Å²) in [7, 11) is 0. The van der Waals surface area contributed by atoms with Crippen LogP contribution in [0.4, 0.5) is 0 Å². The van der Waals surface area contributed by atoms with Gasteiger partial charge in [0.2, 0.25) is 0 Å². The second-order valence-corrected chi connectivity index (χ2v) is 4.76. The topological polar surface area (TPSA) is 67.5 Å². The summed E-state index contributed by atoms with van der Waals surface area (Å²) >= 11 is 1.25. The average Bonchev–Trinajstić information content (AvgIpc) is 2.76. The third-order valence-electron chi connectivity index (χ3n) is 2.01.